The number of rotatable bonds is 4. The van der Waals surface area contributed by atoms with E-state index in [-0.39, 0.29) is 10.5 Å². The molecule has 0 amide bonds. The third-order valence-electron chi connectivity index (χ3n) is 5.41. The van der Waals surface area contributed by atoms with E-state index in [1.807, 2.05) is 36.1 Å². The number of hydrogen-bond acceptors (Lipinski definition) is 7. The molecule has 0 bridgehead atoms. The molecule has 0 aliphatic carbocycles. The highest BCUT2D eigenvalue weighted by Crippen LogP contribution is 2.25. The van der Waals surface area contributed by atoms with Gasteiger partial charge in [-0.3, -0.25) is 4.79 Å². The lowest BCUT2D eigenvalue weighted by atomic mass is 10.2. The Bertz CT molecular complexity index is 1230. The summed E-state index contributed by atoms with van der Waals surface area (Å²) in [4.78, 5) is 14.5. The Morgan fingerprint density at radius 1 is 0.935 bits per heavy atom. The summed E-state index contributed by atoms with van der Waals surface area (Å²) >= 11 is 0. The van der Waals surface area contributed by atoms with Gasteiger partial charge < -0.3 is 9.42 Å². The first-order valence-corrected chi connectivity index (χ1v) is 11.6. The second-order valence-corrected chi connectivity index (χ2v) is 9.55. The molecule has 1 fully saturated rings. The number of sulfonamides is 1. The third-order valence-corrected chi connectivity index (χ3v) is 7.55. The number of hydrogen-bond donors (Lipinski definition) is 0. The van der Waals surface area contributed by atoms with E-state index in [4.69, 9.17) is 4.52 Å². The fourth-order valence-corrected chi connectivity index (χ4v) is 5.54. The molecule has 0 radical (unpaired) electrons. The SMILES string of the molecule is Cc1ccc(-n2nc(N3CCCN(S(=O)(=O)c4c(C)noc4C)CC3)ccc2=O)cc1. The van der Waals surface area contributed by atoms with Crippen LogP contribution in [0.2, 0.25) is 0 Å². The second-order valence-electron chi connectivity index (χ2n) is 7.68. The van der Waals surface area contributed by atoms with Gasteiger partial charge in [-0.05, 0) is 45.4 Å². The van der Waals surface area contributed by atoms with Crippen LogP contribution in [0.4, 0.5) is 5.82 Å². The van der Waals surface area contributed by atoms with E-state index in [1.54, 1.807) is 19.9 Å². The maximum atomic E-state index is 13.1. The van der Waals surface area contributed by atoms with E-state index in [1.165, 1.54) is 15.1 Å². The highest BCUT2D eigenvalue weighted by atomic mass is 32.2. The largest absolute Gasteiger partial charge is 0.360 e. The average Bonchev–Trinajstić information content (AvgIpc) is 2.93. The van der Waals surface area contributed by atoms with Crippen LogP contribution in [0.25, 0.3) is 5.69 Å². The van der Waals surface area contributed by atoms with E-state index in [0.29, 0.717) is 55.6 Å². The number of anilines is 1. The molecule has 0 N–H and O–H groups in total. The molecule has 0 spiro atoms. The van der Waals surface area contributed by atoms with Crippen molar-refractivity contribution in [1.82, 2.24) is 19.2 Å². The normalized spacial score (nSPS) is 15.8. The summed E-state index contributed by atoms with van der Waals surface area (Å²) in [5, 5.41) is 8.32. The fourth-order valence-electron chi connectivity index (χ4n) is 3.78. The average molecular weight is 444 g/mol. The van der Waals surface area contributed by atoms with Gasteiger partial charge >= 0.3 is 0 Å². The zero-order chi connectivity index (χ0) is 22.2. The van der Waals surface area contributed by atoms with Crippen molar-refractivity contribution in [2.45, 2.75) is 32.1 Å². The quantitative estimate of drug-likeness (QED) is 0.608. The molecule has 3 heterocycles. The molecule has 1 saturated heterocycles. The maximum Gasteiger partial charge on any atom is 0.271 e. The van der Waals surface area contributed by atoms with Crippen molar-refractivity contribution in [1.29, 1.82) is 0 Å². The number of benzene rings is 1. The molecule has 0 saturated carbocycles. The Hall–Kier alpha value is -2.98. The van der Waals surface area contributed by atoms with Crippen molar-refractivity contribution in [3.63, 3.8) is 0 Å². The van der Waals surface area contributed by atoms with Gasteiger partial charge in [0.15, 0.2) is 5.76 Å². The highest BCUT2D eigenvalue weighted by molar-refractivity contribution is 7.89. The summed E-state index contributed by atoms with van der Waals surface area (Å²) in [5.41, 5.74) is 1.94. The fraction of sp³-hybridized carbons (Fsp3) is 0.381. The predicted octanol–water partition coefficient (Wildman–Crippen LogP) is 2.05. The minimum absolute atomic E-state index is 0.145. The second kappa shape index (κ2) is 8.27. The number of aryl methyl sites for hydroxylation is 3. The van der Waals surface area contributed by atoms with Gasteiger partial charge in [0, 0.05) is 32.2 Å². The standard InChI is InChI=1S/C21H25N5O4S/c1-15-5-7-18(8-6-15)26-20(27)10-9-19(22-26)24-11-4-12-25(14-13-24)31(28,29)21-16(2)23-30-17(21)3/h5-10H,4,11-14H2,1-3H3. The van der Waals surface area contributed by atoms with E-state index in [0.717, 1.165) is 5.56 Å². The minimum Gasteiger partial charge on any atom is -0.360 e. The molecule has 0 atom stereocenters. The zero-order valence-electron chi connectivity index (χ0n) is 17.8. The van der Waals surface area contributed by atoms with Gasteiger partial charge in [0.2, 0.25) is 10.0 Å². The van der Waals surface area contributed by atoms with Gasteiger partial charge in [0.1, 0.15) is 16.4 Å². The summed E-state index contributed by atoms with van der Waals surface area (Å²) in [7, 11) is -3.70. The van der Waals surface area contributed by atoms with Crippen LogP contribution in [0.15, 0.2) is 50.6 Å². The van der Waals surface area contributed by atoms with Crippen LogP contribution in [0.3, 0.4) is 0 Å². The lowest BCUT2D eigenvalue weighted by Gasteiger charge is -2.23. The number of aromatic nitrogens is 3. The van der Waals surface area contributed by atoms with Crippen LogP contribution in [-0.4, -0.2) is 53.8 Å². The van der Waals surface area contributed by atoms with Gasteiger partial charge in [0.05, 0.1) is 5.69 Å². The van der Waals surface area contributed by atoms with Crippen LogP contribution < -0.4 is 10.5 Å². The molecular formula is C21H25N5O4S. The summed E-state index contributed by atoms with van der Waals surface area (Å²) in [6.07, 6.45) is 0.633. The Kier molecular flexibility index (Phi) is 5.67. The van der Waals surface area contributed by atoms with Gasteiger partial charge in [0.25, 0.3) is 5.56 Å². The van der Waals surface area contributed by atoms with E-state index in [2.05, 4.69) is 10.3 Å². The van der Waals surface area contributed by atoms with Gasteiger partial charge in [-0.1, -0.05) is 22.9 Å². The molecular weight excluding hydrogens is 418 g/mol. The van der Waals surface area contributed by atoms with Crippen LogP contribution in [-0.2, 0) is 10.0 Å². The van der Waals surface area contributed by atoms with Crippen LogP contribution in [0, 0.1) is 20.8 Å². The first kappa shape index (κ1) is 21.3. The Labute approximate surface area is 180 Å². The lowest BCUT2D eigenvalue weighted by Crippen LogP contribution is -2.36. The molecule has 9 nitrogen and oxygen atoms in total. The topological polar surface area (TPSA) is 102 Å². The molecule has 10 heteroatoms. The number of nitrogens with zero attached hydrogens (tertiary/aromatic N) is 5. The van der Waals surface area contributed by atoms with Crippen molar-refractivity contribution in [3.05, 3.63) is 63.8 Å². The monoisotopic (exact) mass is 443 g/mol. The molecule has 0 unspecified atom stereocenters. The zero-order valence-corrected chi connectivity index (χ0v) is 18.6. The van der Waals surface area contributed by atoms with Crippen LogP contribution in [0.1, 0.15) is 23.4 Å². The first-order chi connectivity index (χ1) is 14.8. The summed E-state index contributed by atoms with van der Waals surface area (Å²) in [6.45, 7) is 7.00. The first-order valence-electron chi connectivity index (χ1n) is 10.1. The molecule has 4 rings (SSSR count). The van der Waals surface area contributed by atoms with Crippen molar-refractivity contribution in [2.24, 2.45) is 0 Å². The van der Waals surface area contributed by atoms with Crippen molar-refractivity contribution < 1.29 is 12.9 Å². The highest BCUT2D eigenvalue weighted by Gasteiger charge is 2.32. The third kappa shape index (κ3) is 4.13. The Morgan fingerprint density at radius 2 is 1.68 bits per heavy atom. The summed E-state index contributed by atoms with van der Waals surface area (Å²) in [5.74, 6) is 0.933. The van der Waals surface area contributed by atoms with E-state index >= 15 is 0 Å². The van der Waals surface area contributed by atoms with Crippen LogP contribution in [0.5, 0.6) is 0 Å². The summed E-state index contributed by atoms with van der Waals surface area (Å²) < 4.78 is 34.2. The Balaban J connectivity index is 1.58. The van der Waals surface area contributed by atoms with E-state index in [9.17, 15) is 13.2 Å². The van der Waals surface area contributed by atoms with Gasteiger partial charge in [-0.25, -0.2) is 8.42 Å². The maximum absolute atomic E-state index is 13.1. The molecule has 1 aliphatic rings. The van der Waals surface area contributed by atoms with Crippen molar-refractivity contribution >= 4 is 15.8 Å². The minimum atomic E-state index is -3.70. The smallest absolute Gasteiger partial charge is 0.271 e. The lowest BCUT2D eigenvalue weighted by molar-refractivity contribution is 0.389. The van der Waals surface area contributed by atoms with Gasteiger partial charge in [-0.2, -0.15) is 8.99 Å². The van der Waals surface area contributed by atoms with Gasteiger partial charge in [-0.15, -0.1) is 5.10 Å². The predicted molar refractivity (Wildman–Crippen MR) is 116 cm³/mol. The molecule has 164 valence electrons. The van der Waals surface area contributed by atoms with Crippen LogP contribution >= 0.6 is 0 Å². The van der Waals surface area contributed by atoms with Crippen molar-refractivity contribution in [2.75, 3.05) is 31.1 Å². The molecule has 1 aromatic carbocycles. The molecule has 3 aromatic rings. The Morgan fingerprint density at radius 3 is 2.35 bits per heavy atom. The molecule has 31 heavy (non-hydrogen) atoms. The van der Waals surface area contributed by atoms with E-state index < -0.39 is 10.0 Å². The van der Waals surface area contributed by atoms with Crippen molar-refractivity contribution in [3.8, 4) is 5.69 Å². The summed E-state index contributed by atoms with van der Waals surface area (Å²) in [6, 6.07) is 10.7. The molecule has 2 aromatic heterocycles. The molecule has 1 aliphatic heterocycles.